The van der Waals surface area contributed by atoms with Crippen LogP contribution in [0.2, 0.25) is 0 Å². The second-order valence-corrected chi connectivity index (χ2v) is 9.76. The molecule has 0 fully saturated rings. The van der Waals surface area contributed by atoms with Gasteiger partial charge in [-0.25, -0.2) is 8.42 Å². The molecule has 0 saturated carbocycles. The minimum Gasteiger partial charge on any atom is -0.745 e. The second kappa shape index (κ2) is 12.7. The summed E-state index contributed by atoms with van der Waals surface area (Å²) in [6.45, 7) is 2.57. The summed E-state index contributed by atoms with van der Waals surface area (Å²) in [5, 5.41) is 3.10. The molecule has 164 valence electrons. The number of nitrogens with zero attached hydrogens (tertiary/aromatic N) is 1. The molecule has 1 unspecified atom stereocenters. The molecule has 1 N–H and O–H groups in total. The Morgan fingerprint density at radius 2 is 1.45 bits per heavy atom. The Balaban J connectivity index is 0.00000341. The zero-order valence-corrected chi connectivity index (χ0v) is 22.8. The summed E-state index contributed by atoms with van der Waals surface area (Å²) < 4.78 is 37.8. The van der Waals surface area contributed by atoms with E-state index in [1.807, 2.05) is 54.6 Å². The van der Waals surface area contributed by atoms with E-state index in [4.69, 9.17) is 0 Å². The first kappa shape index (κ1) is 26.8. The van der Waals surface area contributed by atoms with Gasteiger partial charge in [-0.05, 0) is 24.1 Å². The van der Waals surface area contributed by atoms with Crippen LogP contribution < -0.4 is 61.6 Å². The predicted octanol–water partition coefficient (Wildman–Crippen LogP) is 2.85. The van der Waals surface area contributed by atoms with Crippen LogP contribution in [0, 0.1) is 0 Å². The molecule has 0 radical (unpaired) electrons. The molecule has 2 aromatic rings. The zero-order valence-electron chi connectivity index (χ0n) is 18.8. The molecule has 0 aliphatic carbocycles. The van der Waals surface area contributed by atoms with E-state index in [2.05, 4.69) is 12.2 Å². The fraction of sp³-hybridized carbons (Fsp3) is 0.500. The molecule has 31 heavy (non-hydrogen) atoms. The third-order valence-electron chi connectivity index (χ3n) is 5.93. The first-order chi connectivity index (χ1) is 14.5. The molecule has 7 heteroatoms. The minimum absolute atomic E-state index is 0. The number of nitrogens with one attached hydrogen (secondary N) is 1. The SMILES string of the molecule is CCCCCCCCCCC1(S(=O)(=O)[O-])Nc2ccccc2N1Cc1ccccc1.[K+]. The smallest absolute Gasteiger partial charge is 0.745 e. The summed E-state index contributed by atoms with van der Waals surface area (Å²) in [5.41, 5.74) is 2.44. The maximum Gasteiger partial charge on any atom is 1.00 e. The van der Waals surface area contributed by atoms with Crippen LogP contribution in [0.5, 0.6) is 0 Å². The van der Waals surface area contributed by atoms with Gasteiger partial charge in [0.25, 0.3) is 0 Å². The molecule has 0 amide bonds. The van der Waals surface area contributed by atoms with E-state index in [0.29, 0.717) is 18.7 Å². The number of benzene rings is 2. The Morgan fingerprint density at radius 3 is 2.10 bits per heavy atom. The van der Waals surface area contributed by atoms with E-state index in [9.17, 15) is 13.0 Å². The molecular formula is C24H33KN2O3S. The normalized spacial score (nSPS) is 17.7. The van der Waals surface area contributed by atoms with Crippen molar-refractivity contribution in [2.45, 2.75) is 76.3 Å². The largest absolute Gasteiger partial charge is 1.00 e. The van der Waals surface area contributed by atoms with Gasteiger partial charge in [0.2, 0.25) is 4.99 Å². The number of hydrogen-bond donors (Lipinski definition) is 1. The van der Waals surface area contributed by atoms with E-state index >= 15 is 0 Å². The molecule has 0 bridgehead atoms. The molecule has 5 nitrogen and oxygen atoms in total. The van der Waals surface area contributed by atoms with Crippen LogP contribution in [-0.4, -0.2) is 18.0 Å². The molecule has 1 heterocycles. The topological polar surface area (TPSA) is 72.5 Å². The fourth-order valence-electron chi connectivity index (χ4n) is 4.28. The van der Waals surface area contributed by atoms with Crippen LogP contribution >= 0.6 is 0 Å². The van der Waals surface area contributed by atoms with Gasteiger partial charge < -0.3 is 14.8 Å². The van der Waals surface area contributed by atoms with Crippen LogP contribution in [0.15, 0.2) is 54.6 Å². The zero-order chi connectivity index (χ0) is 21.5. The standard InChI is InChI=1S/C24H34N2O3S.K/c1-2-3-4-5-6-7-8-14-19-24(30(27,28)29)25-22-17-12-13-18-23(22)26(24)20-21-15-10-9-11-16-21;/h9-13,15-18,25H,2-8,14,19-20H2,1H3,(H,27,28,29);/q;+1/p-1. The van der Waals surface area contributed by atoms with Crippen LogP contribution in [0.1, 0.15) is 70.3 Å². The summed E-state index contributed by atoms with van der Waals surface area (Å²) in [6.07, 6.45) is 9.13. The number of hydrogen-bond acceptors (Lipinski definition) is 5. The van der Waals surface area contributed by atoms with Crippen LogP contribution in [0.4, 0.5) is 11.4 Å². The summed E-state index contributed by atoms with van der Waals surface area (Å²) in [4.78, 5) is 0.107. The van der Waals surface area contributed by atoms with Crippen molar-refractivity contribution >= 4 is 21.5 Å². The van der Waals surface area contributed by atoms with Gasteiger partial charge >= 0.3 is 51.4 Å². The monoisotopic (exact) mass is 468 g/mol. The maximum absolute atomic E-state index is 12.6. The number of anilines is 2. The molecule has 1 aliphatic rings. The average Bonchev–Trinajstić information content (AvgIpc) is 3.05. The Bertz CT molecular complexity index is 908. The van der Waals surface area contributed by atoms with Crippen molar-refractivity contribution in [2.75, 3.05) is 10.2 Å². The number of fused-ring (bicyclic) bond motifs is 1. The van der Waals surface area contributed by atoms with E-state index in [1.54, 1.807) is 4.90 Å². The van der Waals surface area contributed by atoms with Crippen LogP contribution in [-0.2, 0) is 16.7 Å². The molecule has 0 saturated heterocycles. The van der Waals surface area contributed by atoms with E-state index in [0.717, 1.165) is 24.1 Å². The second-order valence-electron chi connectivity index (χ2n) is 8.18. The van der Waals surface area contributed by atoms with Crippen LogP contribution in [0.3, 0.4) is 0 Å². The number of para-hydroxylation sites is 2. The van der Waals surface area contributed by atoms with Gasteiger partial charge in [-0.2, -0.15) is 0 Å². The van der Waals surface area contributed by atoms with Crippen LogP contribution in [0.25, 0.3) is 0 Å². The van der Waals surface area contributed by atoms with Gasteiger partial charge in [0.1, 0.15) is 10.1 Å². The predicted molar refractivity (Wildman–Crippen MR) is 122 cm³/mol. The molecule has 1 atom stereocenters. The van der Waals surface area contributed by atoms with Crippen molar-refractivity contribution in [3.63, 3.8) is 0 Å². The molecule has 3 rings (SSSR count). The Kier molecular flexibility index (Phi) is 11.0. The van der Waals surface area contributed by atoms with Gasteiger partial charge in [0.05, 0.1) is 11.4 Å². The Hall–Kier alpha value is -0.414. The Morgan fingerprint density at radius 1 is 0.871 bits per heavy atom. The first-order valence-corrected chi connectivity index (χ1v) is 12.5. The molecule has 1 aliphatic heterocycles. The maximum atomic E-state index is 12.6. The van der Waals surface area contributed by atoms with Crippen molar-refractivity contribution in [2.24, 2.45) is 0 Å². The van der Waals surface area contributed by atoms with Gasteiger partial charge in [-0.3, -0.25) is 0 Å². The third-order valence-corrected chi connectivity index (χ3v) is 7.28. The summed E-state index contributed by atoms with van der Waals surface area (Å²) in [6, 6.07) is 17.2. The number of rotatable bonds is 12. The average molecular weight is 469 g/mol. The summed E-state index contributed by atoms with van der Waals surface area (Å²) >= 11 is 0. The first-order valence-electron chi connectivity index (χ1n) is 11.1. The van der Waals surface area contributed by atoms with Crippen molar-refractivity contribution < 1.29 is 64.4 Å². The van der Waals surface area contributed by atoms with Crippen molar-refractivity contribution in [1.82, 2.24) is 0 Å². The van der Waals surface area contributed by atoms with Gasteiger partial charge in [0.15, 0.2) is 0 Å². The fourth-order valence-corrected chi connectivity index (χ4v) is 5.35. The molecule has 0 aromatic heterocycles. The van der Waals surface area contributed by atoms with Gasteiger partial charge in [-0.15, -0.1) is 0 Å². The summed E-state index contributed by atoms with van der Waals surface area (Å²) in [5.74, 6) is 0. The van der Waals surface area contributed by atoms with Crippen molar-refractivity contribution in [3.05, 3.63) is 60.2 Å². The Labute approximate surface area is 230 Å². The molecule has 2 aromatic carbocycles. The minimum atomic E-state index is -4.64. The van der Waals surface area contributed by atoms with E-state index < -0.39 is 15.1 Å². The van der Waals surface area contributed by atoms with Gasteiger partial charge in [-0.1, -0.05) is 94.3 Å². The third kappa shape index (κ3) is 6.79. The quantitative estimate of drug-likeness (QED) is 0.295. The molecule has 0 spiro atoms. The molecular weight excluding hydrogens is 435 g/mol. The van der Waals surface area contributed by atoms with Gasteiger partial charge in [0, 0.05) is 13.0 Å². The van der Waals surface area contributed by atoms with E-state index in [1.165, 1.54) is 32.1 Å². The van der Waals surface area contributed by atoms with Crippen molar-refractivity contribution in [3.8, 4) is 0 Å². The van der Waals surface area contributed by atoms with Crippen molar-refractivity contribution in [1.29, 1.82) is 0 Å². The number of unbranched alkanes of at least 4 members (excludes halogenated alkanes) is 7. The summed E-state index contributed by atoms with van der Waals surface area (Å²) in [7, 11) is -4.64. The van der Waals surface area contributed by atoms with E-state index in [-0.39, 0.29) is 57.8 Å².